The fourth-order valence-electron chi connectivity index (χ4n) is 2.30. The number of nitrogens with one attached hydrogen (secondary N) is 1. The van der Waals surface area contributed by atoms with Gasteiger partial charge in [-0.05, 0) is 18.2 Å². The highest BCUT2D eigenvalue weighted by molar-refractivity contribution is 6.32. The number of furan rings is 1. The van der Waals surface area contributed by atoms with Crippen molar-refractivity contribution in [2.24, 2.45) is 0 Å². The Bertz CT molecular complexity index is 1130. The zero-order chi connectivity index (χ0) is 22.0. The molecule has 1 N–H and O–H groups in total. The maximum absolute atomic E-state index is 13.7. The molecular formula is C18H9ClF4N2O5. The summed E-state index contributed by atoms with van der Waals surface area (Å²) in [5.41, 5.74) is -1.57. The highest BCUT2D eigenvalue weighted by Gasteiger charge is 2.23. The molecule has 7 nitrogen and oxygen atoms in total. The number of nitro groups is 1. The van der Waals surface area contributed by atoms with Gasteiger partial charge in [-0.1, -0.05) is 11.6 Å². The van der Waals surface area contributed by atoms with Gasteiger partial charge in [0.05, 0.1) is 16.0 Å². The van der Waals surface area contributed by atoms with Crippen LogP contribution in [0.1, 0.15) is 16.3 Å². The predicted molar refractivity (Wildman–Crippen MR) is 95.4 cm³/mol. The van der Waals surface area contributed by atoms with E-state index >= 15 is 0 Å². The summed E-state index contributed by atoms with van der Waals surface area (Å²) in [6, 6.07) is 5.92. The quantitative estimate of drug-likeness (QED) is 0.243. The predicted octanol–water partition coefficient (Wildman–Crippen LogP) is 5.23. The van der Waals surface area contributed by atoms with Crippen molar-refractivity contribution in [3.05, 3.63) is 86.3 Å². The van der Waals surface area contributed by atoms with Crippen LogP contribution >= 0.6 is 11.6 Å². The van der Waals surface area contributed by atoms with Crippen molar-refractivity contribution in [3.8, 4) is 5.75 Å². The van der Waals surface area contributed by atoms with Crippen LogP contribution in [-0.4, -0.2) is 10.8 Å². The smallest absolute Gasteiger partial charge is 0.291 e. The van der Waals surface area contributed by atoms with Crippen LogP contribution in [0.4, 0.5) is 28.9 Å². The van der Waals surface area contributed by atoms with E-state index in [1.54, 1.807) is 5.32 Å². The summed E-state index contributed by atoms with van der Waals surface area (Å²) in [5.74, 6) is -8.53. The fraction of sp³-hybridized carbons (Fsp3) is 0.0556. The Morgan fingerprint density at radius 2 is 1.77 bits per heavy atom. The van der Waals surface area contributed by atoms with Crippen LogP contribution in [0.3, 0.4) is 0 Å². The van der Waals surface area contributed by atoms with E-state index in [0.29, 0.717) is 0 Å². The van der Waals surface area contributed by atoms with Gasteiger partial charge in [0.15, 0.2) is 29.0 Å². The van der Waals surface area contributed by atoms with E-state index in [9.17, 15) is 32.5 Å². The second kappa shape index (κ2) is 8.41. The first-order valence-corrected chi connectivity index (χ1v) is 8.35. The summed E-state index contributed by atoms with van der Waals surface area (Å²) in [7, 11) is 0. The number of carbonyl (C=O) groups is 1. The molecule has 1 heterocycles. The number of hydrogen-bond acceptors (Lipinski definition) is 5. The second-order valence-electron chi connectivity index (χ2n) is 5.72. The van der Waals surface area contributed by atoms with Crippen molar-refractivity contribution in [1.82, 2.24) is 0 Å². The number of nitro benzene ring substituents is 1. The van der Waals surface area contributed by atoms with Crippen molar-refractivity contribution in [3.63, 3.8) is 0 Å². The Morgan fingerprint density at radius 3 is 2.40 bits per heavy atom. The number of ether oxygens (including phenoxy) is 1. The molecule has 1 aromatic heterocycles. The minimum absolute atomic E-state index is 0.00170. The highest BCUT2D eigenvalue weighted by Crippen LogP contribution is 2.30. The number of nitrogens with zero attached hydrogens (tertiary/aromatic N) is 1. The van der Waals surface area contributed by atoms with Gasteiger partial charge in [-0.3, -0.25) is 14.9 Å². The van der Waals surface area contributed by atoms with Crippen LogP contribution in [0.15, 0.2) is 40.8 Å². The maximum atomic E-state index is 13.7. The van der Waals surface area contributed by atoms with Gasteiger partial charge in [-0.2, -0.15) is 0 Å². The molecule has 1 amide bonds. The molecular weight excluding hydrogens is 436 g/mol. The minimum atomic E-state index is -1.78. The van der Waals surface area contributed by atoms with Crippen LogP contribution in [0.2, 0.25) is 5.02 Å². The maximum Gasteiger partial charge on any atom is 0.291 e. The molecule has 0 aliphatic rings. The first-order chi connectivity index (χ1) is 14.2. The normalized spacial score (nSPS) is 10.7. The largest absolute Gasteiger partial charge is 0.484 e. The Kier molecular flexibility index (Phi) is 5.92. The van der Waals surface area contributed by atoms with Crippen LogP contribution in [0.25, 0.3) is 0 Å². The van der Waals surface area contributed by atoms with Crippen LogP contribution in [0, 0.1) is 33.4 Å². The first kappa shape index (κ1) is 21.1. The lowest BCUT2D eigenvalue weighted by atomic mass is 10.2. The topological polar surface area (TPSA) is 94.6 Å². The van der Waals surface area contributed by atoms with Gasteiger partial charge < -0.3 is 14.5 Å². The summed E-state index contributed by atoms with van der Waals surface area (Å²) in [5, 5.41) is 12.6. The van der Waals surface area contributed by atoms with E-state index in [1.807, 2.05) is 0 Å². The molecule has 3 aromatic rings. The third-order valence-corrected chi connectivity index (χ3v) is 4.04. The molecule has 0 radical (unpaired) electrons. The summed E-state index contributed by atoms with van der Waals surface area (Å²) < 4.78 is 64.2. The van der Waals surface area contributed by atoms with E-state index in [-0.39, 0.29) is 34.9 Å². The van der Waals surface area contributed by atoms with Gasteiger partial charge in [0.2, 0.25) is 0 Å². The number of non-ortho nitro benzene ring substituents is 1. The number of benzene rings is 2. The molecule has 0 unspecified atom stereocenters. The molecule has 0 saturated heterocycles. The molecule has 156 valence electrons. The van der Waals surface area contributed by atoms with E-state index in [2.05, 4.69) is 0 Å². The van der Waals surface area contributed by atoms with Crippen molar-refractivity contribution in [2.75, 3.05) is 5.32 Å². The fourth-order valence-corrected chi connectivity index (χ4v) is 2.47. The summed E-state index contributed by atoms with van der Waals surface area (Å²) in [4.78, 5) is 22.2. The van der Waals surface area contributed by atoms with Crippen LogP contribution in [0.5, 0.6) is 5.75 Å². The van der Waals surface area contributed by atoms with Gasteiger partial charge in [-0.15, -0.1) is 0 Å². The van der Waals surface area contributed by atoms with Crippen molar-refractivity contribution >= 4 is 28.9 Å². The minimum Gasteiger partial charge on any atom is -0.484 e. The second-order valence-corrected chi connectivity index (χ2v) is 6.13. The number of rotatable bonds is 6. The number of hydrogen-bond donors (Lipinski definition) is 1. The van der Waals surface area contributed by atoms with E-state index in [1.165, 1.54) is 18.2 Å². The number of amides is 1. The summed E-state index contributed by atoms with van der Waals surface area (Å²) in [6.45, 7) is -0.300. The lowest BCUT2D eigenvalue weighted by Gasteiger charge is -2.08. The third-order valence-electron chi connectivity index (χ3n) is 3.73. The number of carbonyl (C=O) groups excluding carboxylic acids is 1. The molecule has 0 aliphatic carbocycles. The Hall–Kier alpha value is -3.60. The SMILES string of the molecule is O=C(Nc1c(F)c(F)cc(F)c1F)c1ccc(COc2cc([N+](=O)[O-])ccc2Cl)o1. The van der Waals surface area contributed by atoms with Crippen LogP contribution < -0.4 is 10.1 Å². The lowest BCUT2D eigenvalue weighted by Crippen LogP contribution is -2.15. The van der Waals surface area contributed by atoms with Crippen molar-refractivity contribution in [1.29, 1.82) is 0 Å². The Labute approximate surface area is 170 Å². The van der Waals surface area contributed by atoms with E-state index in [4.69, 9.17) is 20.8 Å². The monoisotopic (exact) mass is 444 g/mol. The standard InChI is InChI=1S/C18H9ClF4N2O5/c19-10-3-1-8(25(27)28)5-14(10)29-7-9-2-4-13(30-9)18(26)24-17-15(22)11(20)6-12(21)16(17)23/h1-6H,7H2,(H,24,26). The average molecular weight is 445 g/mol. The molecule has 3 rings (SSSR count). The Balaban J connectivity index is 1.72. The molecule has 0 fully saturated rings. The zero-order valence-electron chi connectivity index (χ0n) is 14.5. The van der Waals surface area contributed by atoms with Gasteiger partial charge in [-0.25, -0.2) is 17.6 Å². The molecule has 2 aromatic carbocycles. The molecule has 0 atom stereocenters. The Morgan fingerprint density at radius 1 is 1.10 bits per heavy atom. The zero-order valence-corrected chi connectivity index (χ0v) is 15.3. The number of anilines is 1. The highest BCUT2D eigenvalue weighted by atomic mass is 35.5. The summed E-state index contributed by atoms with van der Waals surface area (Å²) >= 11 is 5.89. The third kappa shape index (κ3) is 4.35. The average Bonchev–Trinajstić information content (AvgIpc) is 3.18. The lowest BCUT2D eigenvalue weighted by molar-refractivity contribution is -0.384. The van der Waals surface area contributed by atoms with Crippen molar-refractivity contribution in [2.45, 2.75) is 6.61 Å². The summed E-state index contributed by atoms with van der Waals surface area (Å²) in [6.07, 6.45) is 0. The van der Waals surface area contributed by atoms with E-state index in [0.717, 1.165) is 12.1 Å². The molecule has 0 aliphatic heterocycles. The van der Waals surface area contributed by atoms with Gasteiger partial charge >= 0.3 is 0 Å². The molecule has 12 heteroatoms. The molecule has 30 heavy (non-hydrogen) atoms. The van der Waals surface area contributed by atoms with Gasteiger partial charge in [0, 0.05) is 12.1 Å². The van der Waals surface area contributed by atoms with Gasteiger partial charge in [0.25, 0.3) is 11.6 Å². The molecule has 0 spiro atoms. The van der Waals surface area contributed by atoms with Gasteiger partial charge in [0.1, 0.15) is 23.8 Å². The van der Waals surface area contributed by atoms with Crippen LogP contribution in [-0.2, 0) is 6.61 Å². The first-order valence-electron chi connectivity index (χ1n) is 7.97. The number of halogens is 5. The van der Waals surface area contributed by atoms with Crippen molar-refractivity contribution < 1.29 is 36.4 Å². The van der Waals surface area contributed by atoms with E-state index < -0.39 is 45.5 Å². The molecule has 0 saturated carbocycles. The molecule has 0 bridgehead atoms.